The summed E-state index contributed by atoms with van der Waals surface area (Å²) in [7, 11) is 2.11. The van der Waals surface area contributed by atoms with Crippen LogP contribution in [-0.4, -0.2) is 34.7 Å². The molecule has 0 amide bonds. The summed E-state index contributed by atoms with van der Waals surface area (Å²) in [6.45, 7) is 2.41. The third-order valence-electron chi connectivity index (χ3n) is 5.86. The van der Waals surface area contributed by atoms with E-state index in [0.717, 1.165) is 46.0 Å². The minimum atomic E-state index is -0.952. The predicted molar refractivity (Wildman–Crippen MR) is 120 cm³/mol. The van der Waals surface area contributed by atoms with Crippen molar-refractivity contribution in [3.8, 4) is 5.75 Å². The third-order valence-corrected chi connectivity index (χ3v) is 7.04. The molecule has 6 nitrogen and oxygen atoms in total. The van der Waals surface area contributed by atoms with Crippen molar-refractivity contribution in [3.05, 3.63) is 57.4 Å². The number of nitrogens with one attached hydrogen (secondary N) is 1. The molecule has 0 spiro atoms. The zero-order chi connectivity index (χ0) is 21.0. The molecule has 0 radical (unpaired) electrons. The number of aromatic nitrogens is 1. The summed E-state index contributed by atoms with van der Waals surface area (Å²) in [6.07, 6.45) is 6.33. The molecule has 154 valence electrons. The van der Waals surface area contributed by atoms with Gasteiger partial charge in [-0.2, -0.15) is 0 Å². The van der Waals surface area contributed by atoms with E-state index in [2.05, 4.69) is 32.2 Å². The Morgan fingerprint density at radius 1 is 1.43 bits per heavy atom. The minimum Gasteiger partial charge on any atom is -0.488 e. The fourth-order valence-electron chi connectivity index (χ4n) is 4.24. The van der Waals surface area contributed by atoms with E-state index in [1.165, 1.54) is 16.3 Å². The maximum atomic E-state index is 12.8. The van der Waals surface area contributed by atoms with E-state index in [0.29, 0.717) is 18.3 Å². The van der Waals surface area contributed by atoms with Gasteiger partial charge in [0.15, 0.2) is 0 Å². The Bertz CT molecular complexity index is 1140. The zero-order valence-electron chi connectivity index (χ0n) is 17.0. The highest BCUT2D eigenvalue weighted by atomic mass is 32.2. The van der Waals surface area contributed by atoms with Gasteiger partial charge in [0.2, 0.25) is 0 Å². The first kappa shape index (κ1) is 19.4. The highest BCUT2D eigenvalue weighted by Gasteiger charge is 2.37. The smallest absolute Gasteiger partial charge is 0.327 e. The van der Waals surface area contributed by atoms with Gasteiger partial charge in [-0.15, -0.1) is 11.8 Å². The summed E-state index contributed by atoms with van der Waals surface area (Å²) in [5.41, 5.74) is 3.63. The lowest BCUT2D eigenvalue weighted by molar-refractivity contribution is -0.140. The Morgan fingerprint density at radius 3 is 2.97 bits per heavy atom. The van der Waals surface area contributed by atoms with Crippen LogP contribution in [0, 0.1) is 0 Å². The first-order valence-electron chi connectivity index (χ1n) is 10.2. The molecule has 2 aliphatic heterocycles. The molecule has 1 aromatic carbocycles. The Hall–Kier alpha value is -2.61. The molecule has 8 heteroatoms. The number of aliphatic carboxylic acids is 1. The van der Waals surface area contributed by atoms with E-state index >= 15 is 0 Å². The molecule has 5 rings (SSSR count). The normalized spacial score (nSPS) is 24.1. The molecule has 2 atom stereocenters. The van der Waals surface area contributed by atoms with E-state index in [4.69, 9.17) is 4.74 Å². The second-order valence-electron chi connectivity index (χ2n) is 8.72. The molecule has 1 saturated carbocycles. The van der Waals surface area contributed by atoms with E-state index in [-0.39, 0.29) is 11.0 Å². The van der Waals surface area contributed by atoms with Gasteiger partial charge in [0.05, 0.1) is 5.03 Å². The number of carboxylic acid groups (broad SMARTS) is 1. The standard InChI is InChI=1S/C22H23BN2O4S/c1-22(23)8-7-14-15(24-22)3-2-4-17(14)29-10-13-9-18(26)25-16(21(27)28)11-30-20(25)19(13)12-5-6-12/h2-4,7-9,12,16,24H,5-6,10-11,23H2,1H3,(H,27,28). The van der Waals surface area contributed by atoms with Crippen molar-refractivity contribution in [2.24, 2.45) is 0 Å². The lowest BCUT2D eigenvalue weighted by Crippen LogP contribution is -2.34. The van der Waals surface area contributed by atoms with Crippen molar-refractivity contribution < 1.29 is 14.6 Å². The molecule has 0 bridgehead atoms. The number of anilines is 1. The van der Waals surface area contributed by atoms with E-state index in [1.54, 1.807) is 6.07 Å². The van der Waals surface area contributed by atoms with Gasteiger partial charge in [0, 0.05) is 34.1 Å². The van der Waals surface area contributed by atoms with Crippen molar-refractivity contribution in [2.45, 2.75) is 48.8 Å². The fraction of sp³-hybridized carbons (Fsp3) is 0.364. The Morgan fingerprint density at radius 2 is 2.23 bits per heavy atom. The SMILES string of the molecule is BC1(C)C=Cc2c(cccc2OCc2cc(=O)n3c(c2C2CC2)SCC3C(=O)O)N1. The number of nitrogens with zero attached hydrogens (tertiary/aromatic N) is 1. The summed E-state index contributed by atoms with van der Waals surface area (Å²) in [4.78, 5) is 24.3. The van der Waals surface area contributed by atoms with Gasteiger partial charge in [-0.25, -0.2) is 4.79 Å². The van der Waals surface area contributed by atoms with Gasteiger partial charge in [0.25, 0.3) is 5.56 Å². The monoisotopic (exact) mass is 422 g/mol. The highest BCUT2D eigenvalue weighted by molar-refractivity contribution is 7.99. The molecule has 1 aliphatic carbocycles. The van der Waals surface area contributed by atoms with E-state index in [1.807, 2.05) is 18.2 Å². The number of fused-ring (bicyclic) bond motifs is 2. The molecule has 2 N–H and O–H groups in total. The van der Waals surface area contributed by atoms with Crippen LogP contribution in [0.2, 0.25) is 0 Å². The number of ether oxygens (including phenoxy) is 1. The van der Waals surface area contributed by atoms with Crippen LogP contribution in [0.15, 0.2) is 40.2 Å². The number of carboxylic acids is 1. The van der Waals surface area contributed by atoms with Gasteiger partial charge in [0.1, 0.15) is 26.2 Å². The lowest BCUT2D eigenvalue weighted by Gasteiger charge is -2.30. The topological polar surface area (TPSA) is 80.6 Å². The highest BCUT2D eigenvalue weighted by Crippen LogP contribution is 2.48. The third kappa shape index (κ3) is 3.33. The molecule has 30 heavy (non-hydrogen) atoms. The Balaban J connectivity index is 1.48. The number of hydrogen-bond donors (Lipinski definition) is 2. The van der Waals surface area contributed by atoms with Crippen molar-refractivity contribution in [2.75, 3.05) is 11.1 Å². The maximum Gasteiger partial charge on any atom is 0.327 e. The number of carbonyl (C=O) groups is 1. The van der Waals surface area contributed by atoms with Gasteiger partial charge in [-0.3, -0.25) is 9.36 Å². The lowest BCUT2D eigenvalue weighted by atomic mass is 9.77. The molecule has 2 unspecified atom stereocenters. The van der Waals surface area contributed by atoms with Crippen LogP contribution in [-0.2, 0) is 11.4 Å². The van der Waals surface area contributed by atoms with Crippen LogP contribution in [0.3, 0.4) is 0 Å². The van der Waals surface area contributed by atoms with Crippen molar-refractivity contribution in [3.63, 3.8) is 0 Å². The van der Waals surface area contributed by atoms with Crippen LogP contribution in [0.5, 0.6) is 5.75 Å². The average Bonchev–Trinajstić information content (AvgIpc) is 3.41. The van der Waals surface area contributed by atoms with Crippen LogP contribution in [0.4, 0.5) is 5.69 Å². The molecule has 2 aromatic rings. The second-order valence-corrected chi connectivity index (χ2v) is 9.73. The van der Waals surface area contributed by atoms with Crippen molar-refractivity contribution in [1.82, 2.24) is 4.57 Å². The number of hydrogen-bond acceptors (Lipinski definition) is 5. The van der Waals surface area contributed by atoms with E-state index in [9.17, 15) is 14.7 Å². The van der Waals surface area contributed by atoms with Crippen molar-refractivity contribution >= 4 is 37.3 Å². The molecule has 1 aromatic heterocycles. The van der Waals surface area contributed by atoms with Crippen LogP contribution < -0.4 is 15.6 Å². The van der Waals surface area contributed by atoms with Crippen molar-refractivity contribution in [1.29, 1.82) is 0 Å². The molecular formula is C22H23BN2O4S. The largest absolute Gasteiger partial charge is 0.488 e. The van der Waals surface area contributed by atoms with Gasteiger partial charge >= 0.3 is 5.97 Å². The zero-order valence-corrected chi connectivity index (χ0v) is 17.8. The van der Waals surface area contributed by atoms with Gasteiger partial charge in [-0.05, 0) is 43.4 Å². The number of benzene rings is 1. The molecule has 1 fully saturated rings. The van der Waals surface area contributed by atoms with Crippen LogP contribution in [0.1, 0.15) is 48.4 Å². The van der Waals surface area contributed by atoms with Crippen LogP contribution >= 0.6 is 11.8 Å². The van der Waals surface area contributed by atoms with Crippen LogP contribution in [0.25, 0.3) is 6.08 Å². The Kier molecular flexibility index (Phi) is 4.50. The average molecular weight is 422 g/mol. The molecular weight excluding hydrogens is 399 g/mol. The first-order chi connectivity index (χ1) is 14.3. The fourth-order valence-corrected chi connectivity index (χ4v) is 5.65. The molecule has 3 heterocycles. The second kappa shape index (κ2) is 6.98. The quantitative estimate of drug-likeness (QED) is 0.722. The first-order valence-corrected chi connectivity index (χ1v) is 11.2. The predicted octanol–water partition coefficient (Wildman–Crippen LogP) is 2.82. The summed E-state index contributed by atoms with van der Waals surface area (Å²) in [6, 6.07) is 6.73. The van der Waals surface area contributed by atoms with Gasteiger partial charge < -0.3 is 15.2 Å². The summed E-state index contributed by atoms with van der Waals surface area (Å²) >= 11 is 1.48. The number of thioether (sulfide) groups is 1. The van der Waals surface area contributed by atoms with Gasteiger partial charge in [-0.1, -0.05) is 18.2 Å². The molecule has 0 saturated heterocycles. The summed E-state index contributed by atoms with van der Waals surface area (Å²) < 4.78 is 7.66. The summed E-state index contributed by atoms with van der Waals surface area (Å²) in [5, 5.41) is 13.8. The summed E-state index contributed by atoms with van der Waals surface area (Å²) in [5.74, 6) is 0.600. The maximum absolute atomic E-state index is 12.8. The number of rotatable bonds is 5. The van der Waals surface area contributed by atoms with E-state index < -0.39 is 12.0 Å². The number of pyridine rings is 1. The minimum absolute atomic E-state index is 0.114. The molecule has 3 aliphatic rings. The Labute approximate surface area is 179 Å².